The molecule has 0 aromatic heterocycles. The number of aliphatic hydroxyl groups excluding tert-OH is 2. The van der Waals surface area contributed by atoms with Crippen molar-refractivity contribution < 1.29 is 67.2 Å². The van der Waals surface area contributed by atoms with E-state index >= 15 is 0 Å². The predicted molar refractivity (Wildman–Crippen MR) is 249 cm³/mol. The molecule has 5 rings (SSSR count). The SMILES string of the molecule is CC[C@H]1OC(=O)[C@H](C)[C@@H](OC2C[C@@](C)(OC)[C@@H](OC(=O)c3ccccc3)[C@H](C)O2)[C@H](C)[C@@H](OC2O[C@H](C)C[C@H](N(C)C)[C@H]2OC(=O)c2ccccc2)[C@](C)(OC)C[C@@H](C)[C@H](O)[C@H](C)[C@@H](O)[C@H]1N. The minimum Gasteiger partial charge on any atom is -0.460 e. The standard InChI is InChI=1S/C51H78N2O14/c1-14-37-39(52)41(55)30(4)40(54)28(2)26-50(8,59-12)44(67-49-43(36(53(10)11)25-29(3)61-49)65-47(57)34-21-17-15-18-22-34)31(5)42(32(6)46(56)63-37)64-38-27-51(9,60-13)45(33(7)62-38)66-48(58)35-23-19-16-20-24-35/h15-24,28-33,36-45,49,54-55H,14,25-27,52H2,1-13H3/t28-,29-,30+,31+,32-,33+,36+,37-,38?,39+,40+,41-,42+,43-,44-,45+,49?,50-,51-/m1/s1. The summed E-state index contributed by atoms with van der Waals surface area (Å²) in [5, 5.41) is 23.5. The van der Waals surface area contributed by atoms with E-state index in [2.05, 4.69) is 0 Å². The van der Waals surface area contributed by atoms with Crippen LogP contribution in [0.1, 0.15) is 109 Å². The molecule has 16 heteroatoms. The van der Waals surface area contributed by atoms with Crippen molar-refractivity contribution in [2.75, 3.05) is 28.3 Å². The molecule has 0 bridgehead atoms. The van der Waals surface area contributed by atoms with Crippen molar-refractivity contribution in [3.63, 3.8) is 0 Å². The van der Waals surface area contributed by atoms with Gasteiger partial charge in [-0.25, -0.2) is 9.59 Å². The monoisotopic (exact) mass is 943 g/mol. The molecule has 0 aliphatic carbocycles. The highest BCUT2D eigenvalue weighted by Crippen LogP contribution is 2.42. The van der Waals surface area contributed by atoms with Gasteiger partial charge in [0.05, 0.1) is 71.4 Å². The van der Waals surface area contributed by atoms with E-state index in [1.807, 2.05) is 72.7 Å². The zero-order valence-corrected chi connectivity index (χ0v) is 41.7. The van der Waals surface area contributed by atoms with Crippen LogP contribution in [0.3, 0.4) is 0 Å². The maximum absolute atomic E-state index is 14.6. The number of aliphatic hydroxyl groups is 2. The van der Waals surface area contributed by atoms with Gasteiger partial charge in [-0.1, -0.05) is 64.1 Å². The van der Waals surface area contributed by atoms with Crippen LogP contribution in [-0.4, -0.2) is 152 Å². The van der Waals surface area contributed by atoms with Crippen LogP contribution in [0, 0.1) is 23.7 Å². The van der Waals surface area contributed by atoms with Gasteiger partial charge in [0, 0.05) is 32.5 Å². The second kappa shape index (κ2) is 23.4. The number of nitrogens with zero attached hydrogens (tertiary/aromatic N) is 1. The first kappa shape index (κ1) is 54.4. The van der Waals surface area contributed by atoms with Gasteiger partial charge in [0.2, 0.25) is 0 Å². The van der Waals surface area contributed by atoms with Crippen molar-refractivity contribution in [2.45, 2.75) is 179 Å². The zero-order chi connectivity index (χ0) is 49.5. The Balaban J connectivity index is 1.61. The molecule has 0 radical (unpaired) electrons. The molecule has 376 valence electrons. The van der Waals surface area contributed by atoms with Crippen LogP contribution < -0.4 is 5.73 Å². The summed E-state index contributed by atoms with van der Waals surface area (Å²) in [6.45, 7) is 16.3. The second-order valence-corrected chi connectivity index (χ2v) is 19.8. The molecule has 16 nitrogen and oxygen atoms in total. The number of benzene rings is 2. The minimum absolute atomic E-state index is 0.0830. The Hall–Kier alpha value is -3.55. The largest absolute Gasteiger partial charge is 0.460 e. The third-order valence-electron chi connectivity index (χ3n) is 14.6. The molecule has 2 unspecified atom stereocenters. The molecule has 0 saturated carbocycles. The van der Waals surface area contributed by atoms with Gasteiger partial charge in [-0.3, -0.25) is 4.79 Å². The van der Waals surface area contributed by atoms with Gasteiger partial charge in [-0.2, -0.15) is 0 Å². The van der Waals surface area contributed by atoms with Crippen LogP contribution in [-0.2, 0) is 47.4 Å². The summed E-state index contributed by atoms with van der Waals surface area (Å²) in [7, 11) is 6.89. The molecule has 2 aromatic carbocycles. The number of hydrogen-bond donors (Lipinski definition) is 3. The van der Waals surface area contributed by atoms with Gasteiger partial charge in [0.1, 0.15) is 11.7 Å². The number of rotatable bonds is 12. The number of cyclic esters (lactones) is 1. The molecule has 67 heavy (non-hydrogen) atoms. The lowest BCUT2D eigenvalue weighted by Crippen LogP contribution is -2.62. The van der Waals surface area contributed by atoms with Gasteiger partial charge in [0.25, 0.3) is 0 Å². The molecule has 0 spiro atoms. The third kappa shape index (κ3) is 12.6. The number of carbonyl (C=O) groups excluding carboxylic acids is 3. The summed E-state index contributed by atoms with van der Waals surface area (Å²) in [4.78, 5) is 43.8. The Morgan fingerprint density at radius 2 is 1.31 bits per heavy atom. The summed E-state index contributed by atoms with van der Waals surface area (Å²) < 4.78 is 58.5. The van der Waals surface area contributed by atoms with Crippen molar-refractivity contribution in [1.82, 2.24) is 4.90 Å². The van der Waals surface area contributed by atoms with Gasteiger partial charge in [-0.05, 0) is 98.2 Å². The maximum atomic E-state index is 14.6. The van der Waals surface area contributed by atoms with Crippen LogP contribution in [0.25, 0.3) is 0 Å². The average molecular weight is 943 g/mol. The highest BCUT2D eigenvalue weighted by atomic mass is 16.7. The van der Waals surface area contributed by atoms with E-state index in [1.54, 1.807) is 76.4 Å². The molecule has 4 N–H and O–H groups in total. The number of likely N-dealkylation sites (N-methyl/N-ethyl adjacent to an activating group) is 1. The topological polar surface area (TPSA) is 204 Å². The molecule has 3 aliphatic heterocycles. The van der Waals surface area contributed by atoms with Gasteiger partial charge in [-0.15, -0.1) is 0 Å². The number of carbonyl (C=O) groups is 3. The Bertz CT molecular complexity index is 1890. The quantitative estimate of drug-likeness (QED) is 0.177. The summed E-state index contributed by atoms with van der Waals surface area (Å²) in [5.41, 5.74) is 5.00. The number of hydrogen-bond acceptors (Lipinski definition) is 16. The first-order chi connectivity index (χ1) is 31.6. The first-order valence-corrected chi connectivity index (χ1v) is 23.8. The fourth-order valence-electron chi connectivity index (χ4n) is 10.3. The Morgan fingerprint density at radius 3 is 1.85 bits per heavy atom. The number of esters is 3. The first-order valence-electron chi connectivity index (χ1n) is 23.8. The van der Waals surface area contributed by atoms with E-state index in [9.17, 15) is 24.6 Å². The molecule has 3 fully saturated rings. The van der Waals surface area contributed by atoms with Crippen LogP contribution in [0.5, 0.6) is 0 Å². The highest BCUT2D eigenvalue weighted by Gasteiger charge is 2.54. The molecule has 3 aliphatic rings. The molecule has 19 atom stereocenters. The van der Waals surface area contributed by atoms with Crippen molar-refractivity contribution in [3.8, 4) is 0 Å². The van der Waals surface area contributed by atoms with Gasteiger partial charge < -0.3 is 63.5 Å². The predicted octanol–water partition coefficient (Wildman–Crippen LogP) is 5.54. The molecule has 3 heterocycles. The smallest absolute Gasteiger partial charge is 0.338 e. The molecular weight excluding hydrogens is 865 g/mol. The van der Waals surface area contributed by atoms with Crippen molar-refractivity contribution in [3.05, 3.63) is 71.8 Å². The van der Waals surface area contributed by atoms with E-state index < -0.39 is 120 Å². The third-order valence-corrected chi connectivity index (χ3v) is 14.6. The number of ether oxygens (including phenoxy) is 9. The van der Waals surface area contributed by atoms with Crippen LogP contribution >= 0.6 is 0 Å². The average Bonchev–Trinajstić information content (AvgIpc) is 3.31. The Kier molecular flexibility index (Phi) is 19.0. The van der Waals surface area contributed by atoms with Crippen LogP contribution in [0.4, 0.5) is 0 Å². The van der Waals surface area contributed by atoms with Gasteiger partial charge >= 0.3 is 17.9 Å². The fraction of sp³-hybridized carbons (Fsp3) is 0.706. The lowest BCUT2D eigenvalue weighted by atomic mass is 9.74. The van der Waals surface area contributed by atoms with Crippen LogP contribution in [0.2, 0.25) is 0 Å². The molecule has 2 aromatic rings. The Morgan fingerprint density at radius 1 is 0.761 bits per heavy atom. The zero-order valence-electron chi connectivity index (χ0n) is 41.7. The van der Waals surface area contributed by atoms with Crippen molar-refractivity contribution >= 4 is 17.9 Å². The summed E-state index contributed by atoms with van der Waals surface area (Å²) in [6, 6.07) is 16.0. The van der Waals surface area contributed by atoms with E-state index in [1.165, 1.54) is 7.11 Å². The van der Waals surface area contributed by atoms with E-state index in [4.69, 9.17) is 48.4 Å². The van der Waals surface area contributed by atoms with Crippen molar-refractivity contribution in [1.29, 1.82) is 0 Å². The van der Waals surface area contributed by atoms with Crippen molar-refractivity contribution in [2.24, 2.45) is 29.4 Å². The minimum atomic E-state index is -1.27. The lowest BCUT2D eigenvalue weighted by Gasteiger charge is -2.50. The maximum Gasteiger partial charge on any atom is 0.338 e. The number of nitrogens with two attached hydrogens (primary N) is 1. The summed E-state index contributed by atoms with van der Waals surface area (Å²) >= 11 is 0. The van der Waals surface area contributed by atoms with E-state index in [0.717, 1.165) is 0 Å². The van der Waals surface area contributed by atoms with E-state index in [-0.39, 0.29) is 31.4 Å². The normalized spacial score (nSPS) is 40.3. The fourth-order valence-corrected chi connectivity index (χ4v) is 10.3. The summed E-state index contributed by atoms with van der Waals surface area (Å²) in [6.07, 6.45) is -9.23. The van der Waals surface area contributed by atoms with E-state index in [0.29, 0.717) is 17.5 Å². The second-order valence-electron chi connectivity index (χ2n) is 19.8. The van der Waals surface area contributed by atoms with Gasteiger partial charge in [0.15, 0.2) is 24.8 Å². The molecular formula is C51H78N2O14. The lowest BCUT2D eigenvalue weighted by molar-refractivity contribution is -0.319. The number of methoxy groups -OCH3 is 2. The van der Waals surface area contributed by atoms with Crippen LogP contribution in [0.15, 0.2) is 60.7 Å². The summed E-state index contributed by atoms with van der Waals surface area (Å²) in [5.74, 6) is -4.75. The molecule has 0 amide bonds. The molecule has 3 saturated heterocycles. The Labute approximate surface area is 397 Å². The highest BCUT2D eigenvalue weighted by molar-refractivity contribution is 5.90.